The molecule has 0 aliphatic carbocycles. The van der Waals surface area contributed by atoms with Gasteiger partial charge in [0.25, 0.3) is 0 Å². The standard InChI is InChI=1S/C19H21N3O2.ClH/c20-18(15-7-2-1-3-8-15)19(24)21-13-14-6-4-9-16(12-14)22-11-5-10-17(22)23;/h1-4,6-9,12,18H,5,10-11,13,20H2,(H,21,24);1H. The molecule has 0 bridgehead atoms. The van der Waals surface area contributed by atoms with Crippen molar-refractivity contribution in [3.8, 4) is 0 Å². The first-order chi connectivity index (χ1) is 11.6. The topological polar surface area (TPSA) is 75.4 Å². The van der Waals surface area contributed by atoms with E-state index in [-0.39, 0.29) is 24.2 Å². The molecule has 0 aromatic heterocycles. The van der Waals surface area contributed by atoms with Gasteiger partial charge in [-0.05, 0) is 29.7 Å². The van der Waals surface area contributed by atoms with Crippen LogP contribution in [0.15, 0.2) is 54.6 Å². The van der Waals surface area contributed by atoms with Crippen LogP contribution in [-0.2, 0) is 16.1 Å². The van der Waals surface area contributed by atoms with E-state index in [4.69, 9.17) is 5.73 Å². The fourth-order valence-corrected chi connectivity index (χ4v) is 2.87. The second kappa shape index (κ2) is 8.65. The summed E-state index contributed by atoms with van der Waals surface area (Å²) in [4.78, 5) is 25.8. The van der Waals surface area contributed by atoms with Gasteiger partial charge in [0.2, 0.25) is 11.8 Å². The van der Waals surface area contributed by atoms with Crippen molar-refractivity contribution in [1.82, 2.24) is 5.32 Å². The zero-order valence-electron chi connectivity index (χ0n) is 13.9. The van der Waals surface area contributed by atoms with Crippen LogP contribution in [0.2, 0.25) is 0 Å². The van der Waals surface area contributed by atoms with E-state index in [0.29, 0.717) is 13.0 Å². The van der Waals surface area contributed by atoms with Gasteiger partial charge in [0.05, 0.1) is 0 Å². The molecule has 2 aromatic carbocycles. The lowest BCUT2D eigenvalue weighted by molar-refractivity contribution is -0.122. The summed E-state index contributed by atoms with van der Waals surface area (Å²) in [5, 5.41) is 2.86. The Morgan fingerprint density at radius 2 is 1.92 bits per heavy atom. The molecule has 5 nitrogen and oxygen atoms in total. The second-order valence-electron chi connectivity index (χ2n) is 5.92. The molecule has 0 saturated carbocycles. The zero-order valence-corrected chi connectivity index (χ0v) is 14.7. The molecule has 1 saturated heterocycles. The van der Waals surface area contributed by atoms with Crippen molar-refractivity contribution in [2.75, 3.05) is 11.4 Å². The van der Waals surface area contributed by atoms with E-state index >= 15 is 0 Å². The first kappa shape index (κ1) is 19.0. The number of amides is 2. The van der Waals surface area contributed by atoms with Crippen LogP contribution in [-0.4, -0.2) is 18.4 Å². The average molecular weight is 360 g/mol. The minimum atomic E-state index is -0.686. The lowest BCUT2D eigenvalue weighted by atomic mass is 10.1. The molecule has 0 spiro atoms. The van der Waals surface area contributed by atoms with E-state index in [1.807, 2.05) is 54.6 Å². The van der Waals surface area contributed by atoms with E-state index in [1.165, 1.54) is 0 Å². The monoisotopic (exact) mass is 359 g/mol. The number of carbonyl (C=O) groups excluding carboxylic acids is 2. The number of nitrogens with one attached hydrogen (secondary N) is 1. The maximum Gasteiger partial charge on any atom is 0.241 e. The lowest BCUT2D eigenvalue weighted by Crippen LogP contribution is -2.33. The Balaban J connectivity index is 0.00000225. The third-order valence-corrected chi connectivity index (χ3v) is 4.20. The summed E-state index contributed by atoms with van der Waals surface area (Å²) in [6.45, 7) is 1.14. The summed E-state index contributed by atoms with van der Waals surface area (Å²) >= 11 is 0. The molecular weight excluding hydrogens is 338 g/mol. The van der Waals surface area contributed by atoms with E-state index in [9.17, 15) is 9.59 Å². The third kappa shape index (κ3) is 4.59. The predicted molar refractivity (Wildman–Crippen MR) is 100 cm³/mol. The van der Waals surface area contributed by atoms with Crippen LogP contribution in [0.25, 0.3) is 0 Å². The van der Waals surface area contributed by atoms with Crippen molar-refractivity contribution in [2.45, 2.75) is 25.4 Å². The first-order valence-electron chi connectivity index (χ1n) is 8.13. The van der Waals surface area contributed by atoms with Gasteiger partial charge in [-0.25, -0.2) is 0 Å². The molecule has 2 amide bonds. The average Bonchev–Trinajstić information content (AvgIpc) is 3.06. The number of halogens is 1. The summed E-state index contributed by atoms with van der Waals surface area (Å²) < 4.78 is 0. The molecule has 1 atom stereocenters. The van der Waals surface area contributed by atoms with Gasteiger partial charge in [-0.3, -0.25) is 9.59 Å². The number of benzene rings is 2. The molecule has 132 valence electrons. The number of hydrogen-bond donors (Lipinski definition) is 2. The van der Waals surface area contributed by atoms with E-state index in [0.717, 1.165) is 29.8 Å². The van der Waals surface area contributed by atoms with Crippen molar-refractivity contribution in [3.05, 3.63) is 65.7 Å². The molecular formula is C19H22ClN3O2. The third-order valence-electron chi connectivity index (χ3n) is 4.20. The summed E-state index contributed by atoms with van der Waals surface area (Å²) in [6.07, 6.45) is 1.50. The minimum Gasteiger partial charge on any atom is -0.350 e. The Kier molecular flexibility index (Phi) is 6.56. The van der Waals surface area contributed by atoms with Crippen LogP contribution < -0.4 is 16.0 Å². The van der Waals surface area contributed by atoms with Crippen molar-refractivity contribution in [2.24, 2.45) is 5.73 Å². The highest BCUT2D eigenvalue weighted by molar-refractivity contribution is 5.95. The van der Waals surface area contributed by atoms with Gasteiger partial charge in [0.15, 0.2) is 0 Å². The second-order valence-corrected chi connectivity index (χ2v) is 5.92. The molecule has 25 heavy (non-hydrogen) atoms. The fraction of sp³-hybridized carbons (Fsp3) is 0.263. The quantitative estimate of drug-likeness (QED) is 0.861. The molecule has 3 N–H and O–H groups in total. The van der Waals surface area contributed by atoms with Gasteiger partial charge < -0.3 is 16.0 Å². The minimum absolute atomic E-state index is 0. The van der Waals surface area contributed by atoms with E-state index in [1.54, 1.807) is 4.90 Å². The largest absolute Gasteiger partial charge is 0.350 e. The van der Waals surface area contributed by atoms with Crippen molar-refractivity contribution in [1.29, 1.82) is 0 Å². The molecule has 0 radical (unpaired) electrons. The Bertz CT molecular complexity index is 736. The molecule has 1 aliphatic heterocycles. The smallest absolute Gasteiger partial charge is 0.241 e. The van der Waals surface area contributed by atoms with Crippen LogP contribution in [0.4, 0.5) is 5.69 Å². The molecule has 1 aliphatic rings. The van der Waals surface area contributed by atoms with Crippen LogP contribution >= 0.6 is 12.4 Å². The van der Waals surface area contributed by atoms with E-state index < -0.39 is 6.04 Å². The van der Waals surface area contributed by atoms with Gasteiger partial charge in [-0.1, -0.05) is 42.5 Å². The molecule has 1 unspecified atom stereocenters. The van der Waals surface area contributed by atoms with Crippen molar-refractivity contribution in [3.63, 3.8) is 0 Å². The molecule has 3 rings (SSSR count). The highest BCUT2D eigenvalue weighted by atomic mass is 35.5. The van der Waals surface area contributed by atoms with Gasteiger partial charge in [0, 0.05) is 25.2 Å². The Labute approximate surface area is 153 Å². The summed E-state index contributed by atoms with van der Waals surface area (Å²) in [7, 11) is 0. The highest BCUT2D eigenvalue weighted by Crippen LogP contribution is 2.22. The summed E-state index contributed by atoms with van der Waals surface area (Å²) in [5.74, 6) is -0.0638. The highest BCUT2D eigenvalue weighted by Gasteiger charge is 2.21. The van der Waals surface area contributed by atoms with Gasteiger partial charge in [-0.15, -0.1) is 12.4 Å². The Morgan fingerprint density at radius 1 is 1.16 bits per heavy atom. The van der Waals surface area contributed by atoms with Gasteiger partial charge in [0.1, 0.15) is 6.04 Å². The SMILES string of the molecule is Cl.NC(C(=O)NCc1cccc(N2CCCC2=O)c1)c1ccccc1. The predicted octanol–water partition coefficient (Wildman–Crippen LogP) is 2.55. The Morgan fingerprint density at radius 3 is 2.60 bits per heavy atom. The zero-order chi connectivity index (χ0) is 16.9. The van der Waals surface area contributed by atoms with Crippen LogP contribution in [0.5, 0.6) is 0 Å². The molecule has 2 aromatic rings. The number of nitrogens with two attached hydrogens (primary N) is 1. The number of carbonyl (C=O) groups is 2. The molecule has 1 heterocycles. The van der Waals surface area contributed by atoms with Crippen molar-refractivity contribution < 1.29 is 9.59 Å². The van der Waals surface area contributed by atoms with Gasteiger partial charge in [-0.2, -0.15) is 0 Å². The van der Waals surface area contributed by atoms with Crippen LogP contribution in [0.1, 0.15) is 30.0 Å². The maximum atomic E-state index is 12.2. The van der Waals surface area contributed by atoms with E-state index in [2.05, 4.69) is 5.32 Å². The first-order valence-corrected chi connectivity index (χ1v) is 8.13. The van der Waals surface area contributed by atoms with Crippen molar-refractivity contribution >= 4 is 29.9 Å². The Hall–Kier alpha value is -2.37. The fourth-order valence-electron chi connectivity index (χ4n) is 2.87. The number of nitrogens with zero attached hydrogens (tertiary/aromatic N) is 1. The normalized spacial score (nSPS) is 14.8. The van der Waals surface area contributed by atoms with Crippen LogP contribution in [0, 0.1) is 0 Å². The maximum absolute atomic E-state index is 12.2. The van der Waals surface area contributed by atoms with Crippen LogP contribution in [0.3, 0.4) is 0 Å². The van der Waals surface area contributed by atoms with Gasteiger partial charge >= 0.3 is 0 Å². The summed E-state index contributed by atoms with van der Waals surface area (Å²) in [6, 6.07) is 16.3. The number of hydrogen-bond acceptors (Lipinski definition) is 3. The number of anilines is 1. The molecule has 1 fully saturated rings. The lowest BCUT2D eigenvalue weighted by Gasteiger charge is -2.17. The number of rotatable bonds is 5. The summed E-state index contributed by atoms with van der Waals surface area (Å²) in [5.41, 5.74) is 8.60. The molecule has 6 heteroatoms.